The van der Waals surface area contributed by atoms with Gasteiger partial charge < -0.3 is 19.1 Å². The Hall–Kier alpha value is -2.33. The third kappa shape index (κ3) is 4.89. The summed E-state index contributed by atoms with van der Waals surface area (Å²) in [6.07, 6.45) is -2.61. The Bertz CT molecular complexity index is 768. The summed E-state index contributed by atoms with van der Waals surface area (Å²) in [6, 6.07) is 9.19. The molecular formula is C17H18F3N3O3S. The van der Waals surface area contributed by atoms with E-state index in [1.807, 2.05) is 30.3 Å². The summed E-state index contributed by atoms with van der Waals surface area (Å²) in [7, 11) is 1.53. The van der Waals surface area contributed by atoms with Crippen LogP contribution in [0.3, 0.4) is 0 Å². The van der Waals surface area contributed by atoms with Crippen LogP contribution in [0.25, 0.3) is 0 Å². The minimum atomic E-state index is -4.59. The maximum absolute atomic E-state index is 12.9. The zero-order valence-corrected chi connectivity index (χ0v) is 15.3. The molecule has 1 aromatic heterocycles. The topological polar surface area (TPSA) is 56.7 Å². The average Bonchev–Trinajstić information content (AvgIpc) is 3.33. The highest BCUT2D eigenvalue weighted by Crippen LogP contribution is 2.33. The predicted octanol–water partition coefficient (Wildman–Crippen LogP) is 3.47. The third-order valence-electron chi connectivity index (χ3n) is 3.92. The van der Waals surface area contributed by atoms with Gasteiger partial charge in [0.15, 0.2) is 5.76 Å². The van der Waals surface area contributed by atoms with Gasteiger partial charge in [-0.2, -0.15) is 22.5 Å². The van der Waals surface area contributed by atoms with Crippen LogP contribution in [-0.2, 0) is 26.8 Å². The molecule has 0 N–H and O–H groups in total. The molecule has 0 amide bonds. The SMILES string of the molecule is COCCN(c1nc(C(F)(F)F)ns1)C(Cc1ccccc1)C1=COCO1. The first-order chi connectivity index (χ1) is 13.0. The van der Waals surface area contributed by atoms with Gasteiger partial charge in [0, 0.05) is 31.6 Å². The van der Waals surface area contributed by atoms with E-state index >= 15 is 0 Å². The van der Waals surface area contributed by atoms with Gasteiger partial charge in [-0.15, -0.1) is 0 Å². The summed E-state index contributed by atoms with van der Waals surface area (Å²) in [5.41, 5.74) is 1.00. The van der Waals surface area contributed by atoms with Crippen molar-refractivity contribution >= 4 is 16.7 Å². The molecular weight excluding hydrogens is 383 g/mol. The van der Waals surface area contributed by atoms with E-state index in [9.17, 15) is 13.2 Å². The van der Waals surface area contributed by atoms with Crippen molar-refractivity contribution in [3.63, 3.8) is 0 Å². The number of halogens is 3. The third-order valence-corrected chi connectivity index (χ3v) is 4.67. The second-order valence-electron chi connectivity index (χ2n) is 5.74. The number of nitrogens with zero attached hydrogens (tertiary/aromatic N) is 3. The van der Waals surface area contributed by atoms with E-state index in [1.54, 1.807) is 4.90 Å². The number of benzene rings is 1. The molecule has 0 aliphatic carbocycles. The fraction of sp³-hybridized carbons (Fsp3) is 0.412. The highest BCUT2D eigenvalue weighted by atomic mass is 32.1. The molecule has 0 radical (unpaired) electrons. The maximum atomic E-state index is 12.9. The molecule has 0 saturated carbocycles. The number of ether oxygens (including phenoxy) is 3. The Morgan fingerprint density at radius 1 is 1.30 bits per heavy atom. The Labute approximate surface area is 158 Å². The Balaban J connectivity index is 1.93. The molecule has 1 aliphatic heterocycles. The smallest absolute Gasteiger partial charge is 0.452 e. The van der Waals surface area contributed by atoms with Crippen molar-refractivity contribution in [2.45, 2.75) is 18.6 Å². The lowest BCUT2D eigenvalue weighted by Gasteiger charge is -2.31. The minimum absolute atomic E-state index is 0.0721. The van der Waals surface area contributed by atoms with E-state index in [4.69, 9.17) is 14.2 Å². The minimum Gasteiger partial charge on any atom is -0.462 e. The Morgan fingerprint density at radius 2 is 2.07 bits per heavy atom. The van der Waals surface area contributed by atoms with Crippen LogP contribution in [-0.4, -0.2) is 42.5 Å². The summed E-state index contributed by atoms with van der Waals surface area (Å²) >= 11 is 0.698. The number of rotatable bonds is 8. The highest BCUT2D eigenvalue weighted by molar-refractivity contribution is 7.09. The van der Waals surface area contributed by atoms with Crippen LogP contribution in [0.5, 0.6) is 0 Å². The summed E-state index contributed by atoms with van der Waals surface area (Å²) < 4.78 is 58.1. The lowest BCUT2D eigenvalue weighted by Crippen LogP contribution is -2.41. The maximum Gasteiger partial charge on any atom is 0.452 e. The molecule has 0 fully saturated rings. The van der Waals surface area contributed by atoms with Crippen molar-refractivity contribution in [3.8, 4) is 0 Å². The largest absolute Gasteiger partial charge is 0.462 e. The number of hydrogen-bond acceptors (Lipinski definition) is 7. The van der Waals surface area contributed by atoms with E-state index < -0.39 is 18.0 Å². The number of methoxy groups -OCH3 is 1. The van der Waals surface area contributed by atoms with Gasteiger partial charge in [-0.3, -0.25) is 0 Å². The van der Waals surface area contributed by atoms with Crippen molar-refractivity contribution in [1.82, 2.24) is 9.36 Å². The van der Waals surface area contributed by atoms with Crippen molar-refractivity contribution in [2.75, 3.05) is 32.0 Å². The van der Waals surface area contributed by atoms with Gasteiger partial charge >= 0.3 is 6.18 Å². The number of aromatic nitrogens is 2. The molecule has 6 nitrogen and oxygen atoms in total. The zero-order valence-electron chi connectivity index (χ0n) is 14.5. The Kier molecular flexibility index (Phi) is 6.17. The summed E-state index contributed by atoms with van der Waals surface area (Å²) in [5, 5.41) is 0.150. The van der Waals surface area contributed by atoms with E-state index in [2.05, 4.69) is 9.36 Å². The molecule has 27 heavy (non-hydrogen) atoms. The van der Waals surface area contributed by atoms with Crippen LogP contribution in [0.15, 0.2) is 42.4 Å². The van der Waals surface area contributed by atoms with Crippen molar-refractivity contribution in [2.24, 2.45) is 0 Å². The van der Waals surface area contributed by atoms with Crippen molar-refractivity contribution in [1.29, 1.82) is 0 Å². The zero-order chi connectivity index (χ0) is 19.3. The first kappa shape index (κ1) is 19.4. The van der Waals surface area contributed by atoms with E-state index in [0.717, 1.165) is 5.56 Å². The summed E-state index contributed by atoms with van der Waals surface area (Å²) in [6.45, 7) is 0.699. The first-order valence-electron chi connectivity index (χ1n) is 8.14. The predicted molar refractivity (Wildman–Crippen MR) is 93.2 cm³/mol. The van der Waals surface area contributed by atoms with Gasteiger partial charge in [0.2, 0.25) is 17.7 Å². The molecule has 2 heterocycles. The van der Waals surface area contributed by atoms with Crippen molar-refractivity contribution < 1.29 is 27.4 Å². The quantitative estimate of drug-likeness (QED) is 0.675. The second-order valence-corrected chi connectivity index (χ2v) is 6.47. The molecule has 1 aliphatic rings. The van der Waals surface area contributed by atoms with Crippen LogP contribution >= 0.6 is 11.5 Å². The van der Waals surface area contributed by atoms with Gasteiger partial charge in [0.25, 0.3) is 0 Å². The fourth-order valence-electron chi connectivity index (χ4n) is 2.65. The standard InChI is InChI=1S/C17H18F3N3O3S/c1-24-8-7-23(16-21-15(22-27-16)17(18,19)20)13(14-10-25-11-26-14)9-12-5-3-2-4-6-12/h2-6,10,13H,7-9,11H2,1H3. The van der Waals surface area contributed by atoms with Gasteiger partial charge in [-0.1, -0.05) is 30.3 Å². The van der Waals surface area contributed by atoms with Gasteiger partial charge in [0.1, 0.15) is 6.26 Å². The lowest BCUT2D eigenvalue weighted by atomic mass is 10.0. The van der Waals surface area contributed by atoms with Gasteiger partial charge in [0.05, 0.1) is 12.6 Å². The van der Waals surface area contributed by atoms with Gasteiger partial charge in [-0.05, 0) is 5.56 Å². The highest BCUT2D eigenvalue weighted by Gasteiger charge is 2.38. The fourth-order valence-corrected chi connectivity index (χ4v) is 3.41. The van der Waals surface area contributed by atoms with E-state index in [1.165, 1.54) is 13.4 Å². The molecule has 10 heteroatoms. The van der Waals surface area contributed by atoms with Crippen LogP contribution < -0.4 is 4.90 Å². The molecule has 1 aromatic carbocycles. The number of alkyl halides is 3. The number of anilines is 1. The van der Waals surface area contributed by atoms with Crippen LogP contribution in [0.1, 0.15) is 11.4 Å². The molecule has 1 unspecified atom stereocenters. The van der Waals surface area contributed by atoms with E-state index in [-0.39, 0.29) is 11.9 Å². The molecule has 0 saturated heterocycles. The average molecular weight is 401 g/mol. The summed E-state index contributed by atoms with van der Waals surface area (Å²) in [5.74, 6) is -0.625. The van der Waals surface area contributed by atoms with E-state index in [0.29, 0.717) is 36.9 Å². The van der Waals surface area contributed by atoms with Gasteiger partial charge in [-0.25, -0.2) is 0 Å². The molecule has 2 aromatic rings. The number of hydrogen-bond donors (Lipinski definition) is 0. The summed E-state index contributed by atoms with van der Waals surface area (Å²) in [4.78, 5) is 5.41. The molecule has 3 rings (SSSR count). The molecule has 0 spiro atoms. The monoisotopic (exact) mass is 401 g/mol. The molecule has 146 valence electrons. The lowest BCUT2D eigenvalue weighted by molar-refractivity contribution is -0.144. The molecule has 0 bridgehead atoms. The second kappa shape index (κ2) is 8.57. The first-order valence-corrected chi connectivity index (χ1v) is 8.91. The van der Waals surface area contributed by atoms with Crippen LogP contribution in [0, 0.1) is 0 Å². The van der Waals surface area contributed by atoms with Crippen LogP contribution in [0.2, 0.25) is 0 Å². The van der Waals surface area contributed by atoms with Crippen molar-refractivity contribution in [3.05, 3.63) is 53.7 Å². The molecule has 1 atom stereocenters. The van der Waals surface area contributed by atoms with Crippen LogP contribution in [0.4, 0.5) is 18.3 Å². The normalized spacial score (nSPS) is 15.0. The Morgan fingerprint density at radius 3 is 2.67 bits per heavy atom.